The lowest BCUT2D eigenvalue weighted by Crippen LogP contribution is -2.17. The Balaban J connectivity index is 1.72. The van der Waals surface area contributed by atoms with Gasteiger partial charge >= 0.3 is 0 Å². The van der Waals surface area contributed by atoms with E-state index in [9.17, 15) is 14.7 Å². The number of phenols is 1. The first-order valence-electron chi connectivity index (χ1n) is 9.26. The van der Waals surface area contributed by atoms with Crippen LogP contribution in [0.3, 0.4) is 0 Å². The highest BCUT2D eigenvalue weighted by atomic mass is 16.5. The van der Waals surface area contributed by atoms with E-state index in [0.29, 0.717) is 28.0 Å². The Labute approximate surface area is 178 Å². The zero-order valence-electron chi connectivity index (χ0n) is 16.6. The van der Waals surface area contributed by atoms with Crippen molar-refractivity contribution in [3.8, 4) is 11.5 Å². The third-order valence-electron chi connectivity index (χ3n) is 4.19. The van der Waals surface area contributed by atoms with E-state index in [4.69, 9.17) is 4.74 Å². The molecule has 8 heteroatoms. The quantitative estimate of drug-likeness (QED) is 0.406. The molecule has 0 radical (unpaired) electrons. The van der Waals surface area contributed by atoms with E-state index in [1.54, 1.807) is 72.8 Å². The maximum absolute atomic E-state index is 12.1. The minimum atomic E-state index is -0.385. The van der Waals surface area contributed by atoms with Gasteiger partial charge in [0.05, 0.1) is 19.5 Å². The van der Waals surface area contributed by atoms with Gasteiger partial charge in [0, 0.05) is 22.3 Å². The SMILES string of the molecule is COc1cc(C=NNC(=O)c2ccccc2)c(O)c(/C=N/NC(=O)c2ccccc2)c1. The number of benzene rings is 3. The Morgan fingerprint density at radius 2 is 1.23 bits per heavy atom. The number of carbonyl (C=O) groups is 2. The number of hydrazone groups is 2. The van der Waals surface area contributed by atoms with Gasteiger partial charge in [-0.25, -0.2) is 10.9 Å². The summed E-state index contributed by atoms with van der Waals surface area (Å²) in [6.07, 6.45) is 2.58. The van der Waals surface area contributed by atoms with Crippen molar-refractivity contribution in [2.75, 3.05) is 7.11 Å². The second kappa shape index (κ2) is 10.4. The fraction of sp³-hybridized carbons (Fsp3) is 0.0435. The largest absolute Gasteiger partial charge is 0.507 e. The predicted octanol–water partition coefficient (Wildman–Crippen LogP) is 2.93. The third kappa shape index (κ3) is 5.77. The number of aromatic hydroxyl groups is 1. The predicted molar refractivity (Wildman–Crippen MR) is 118 cm³/mol. The molecule has 0 aliphatic rings. The minimum absolute atomic E-state index is 0.142. The number of amides is 2. The van der Waals surface area contributed by atoms with Crippen LogP contribution in [0, 0.1) is 0 Å². The number of methoxy groups -OCH3 is 1. The first-order chi connectivity index (χ1) is 15.1. The van der Waals surface area contributed by atoms with Gasteiger partial charge in [-0.05, 0) is 36.4 Å². The molecule has 0 fully saturated rings. The van der Waals surface area contributed by atoms with Crippen LogP contribution in [-0.4, -0.2) is 36.5 Å². The van der Waals surface area contributed by atoms with Crippen LogP contribution in [0.5, 0.6) is 11.5 Å². The molecule has 0 aliphatic carbocycles. The normalized spacial score (nSPS) is 10.9. The van der Waals surface area contributed by atoms with E-state index >= 15 is 0 Å². The van der Waals surface area contributed by atoms with Gasteiger partial charge in [0.1, 0.15) is 11.5 Å². The molecular weight excluding hydrogens is 396 g/mol. The molecule has 0 bridgehead atoms. The molecule has 0 spiro atoms. The number of carbonyl (C=O) groups excluding carboxylic acids is 2. The molecule has 8 nitrogen and oxygen atoms in total. The number of nitrogens with one attached hydrogen (secondary N) is 2. The Morgan fingerprint density at radius 1 is 0.806 bits per heavy atom. The summed E-state index contributed by atoms with van der Waals surface area (Å²) >= 11 is 0. The summed E-state index contributed by atoms with van der Waals surface area (Å²) in [5, 5.41) is 18.3. The molecular formula is C23H20N4O4. The van der Waals surface area contributed by atoms with Crippen LogP contribution in [0.2, 0.25) is 0 Å². The molecule has 3 aromatic rings. The van der Waals surface area contributed by atoms with E-state index in [1.807, 2.05) is 0 Å². The maximum Gasteiger partial charge on any atom is 0.271 e. The number of hydrogen-bond donors (Lipinski definition) is 3. The van der Waals surface area contributed by atoms with Crippen LogP contribution in [0.15, 0.2) is 83.0 Å². The number of hydrogen-bond acceptors (Lipinski definition) is 6. The molecule has 31 heavy (non-hydrogen) atoms. The molecule has 3 aromatic carbocycles. The van der Waals surface area contributed by atoms with Gasteiger partial charge in [-0.15, -0.1) is 0 Å². The van der Waals surface area contributed by atoms with Crippen molar-refractivity contribution in [3.63, 3.8) is 0 Å². The lowest BCUT2D eigenvalue weighted by molar-refractivity contribution is 0.0947. The summed E-state index contributed by atoms with van der Waals surface area (Å²) in [6.45, 7) is 0. The van der Waals surface area contributed by atoms with Crippen LogP contribution < -0.4 is 15.6 Å². The van der Waals surface area contributed by atoms with Gasteiger partial charge in [0.25, 0.3) is 11.8 Å². The van der Waals surface area contributed by atoms with Crippen molar-refractivity contribution in [2.24, 2.45) is 10.2 Å². The first-order valence-corrected chi connectivity index (χ1v) is 9.26. The summed E-state index contributed by atoms with van der Waals surface area (Å²) in [4.78, 5) is 24.1. The van der Waals surface area contributed by atoms with E-state index in [-0.39, 0.29) is 17.6 Å². The van der Waals surface area contributed by atoms with Crippen molar-refractivity contribution in [2.45, 2.75) is 0 Å². The van der Waals surface area contributed by atoms with Crippen molar-refractivity contribution < 1.29 is 19.4 Å². The van der Waals surface area contributed by atoms with Crippen molar-refractivity contribution in [3.05, 3.63) is 95.1 Å². The minimum Gasteiger partial charge on any atom is -0.507 e. The molecule has 0 heterocycles. The van der Waals surface area contributed by atoms with E-state index in [0.717, 1.165) is 0 Å². The van der Waals surface area contributed by atoms with Crippen molar-refractivity contribution >= 4 is 24.2 Å². The molecule has 0 aliphatic heterocycles. The number of nitrogens with zero attached hydrogens (tertiary/aromatic N) is 2. The highest BCUT2D eigenvalue weighted by molar-refractivity contribution is 5.97. The van der Waals surface area contributed by atoms with E-state index in [1.165, 1.54) is 19.5 Å². The molecule has 0 aromatic heterocycles. The molecule has 0 atom stereocenters. The summed E-state index contributed by atoms with van der Waals surface area (Å²) in [5.41, 5.74) is 6.29. The summed E-state index contributed by atoms with van der Waals surface area (Å²) < 4.78 is 5.23. The second-order valence-corrected chi connectivity index (χ2v) is 6.28. The van der Waals surface area contributed by atoms with E-state index < -0.39 is 0 Å². The summed E-state index contributed by atoms with van der Waals surface area (Å²) in [7, 11) is 1.47. The van der Waals surface area contributed by atoms with Crippen molar-refractivity contribution in [1.82, 2.24) is 10.9 Å². The lowest BCUT2D eigenvalue weighted by Gasteiger charge is -2.07. The van der Waals surface area contributed by atoms with Crippen molar-refractivity contribution in [1.29, 1.82) is 0 Å². The van der Waals surface area contributed by atoms with Crippen LogP contribution in [-0.2, 0) is 0 Å². The zero-order valence-corrected chi connectivity index (χ0v) is 16.6. The van der Waals surface area contributed by atoms with Gasteiger partial charge in [-0.3, -0.25) is 9.59 Å². The summed E-state index contributed by atoms with van der Waals surface area (Å²) in [6, 6.07) is 20.3. The molecule has 3 N–H and O–H groups in total. The molecule has 0 unspecified atom stereocenters. The Bertz CT molecular complexity index is 1030. The smallest absolute Gasteiger partial charge is 0.271 e. The average molecular weight is 416 g/mol. The third-order valence-corrected chi connectivity index (χ3v) is 4.19. The second-order valence-electron chi connectivity index (χ2n) is 6.28. The van der Waals surface area contributed by atoms with Gasteiger partial charge in [0.2, 0.25) is 0 Å². The zero-order chi connectivity index (χ0) is 22.1. The van der Waals surface area contributed by atoms with E-state index in [2.05, 4.69) is 21.1 Å². The Hall–Kier alpha value is -4.46. The first kappa shape index (κ1) is 21.3. The topological polar surface area (TPSA) is 112 Å². The number of ether oxygens (including phenoxy) is 1. The molecule has 156 valence electrons. The van der Waals surface area contributed by atoms with Gasteiger partial charge < -0.3 is 9.84 Å². The molecule has 0 saturated heterocycles. The van der Waals surface area contributed by atoms with Crippen LogP contribution in [0.4, 0.5) is 0 Å². The van der Waals surface area contributed by atoms with Crippen LogP contribution in [0.1, 0.15) is 31.8 Å². The summed E-state index contributed by atoms with van der Waals surface area (Å²) in [5.74, 6) is -0.477. The number of phenolic OH excluding ortho intramolecular Hbond substituents is 1. The number of rotatable bonds is 7. The molecule has 3 rings (SSSR count). The maximum atomic E-state index is 12.1. The Kier molecular flexibility index (Phi) is 7.10. The fourth-order valence-corrected chi connectivity index (χ4v) is 2.60. The standard InChI is InChI=1S/C23H20N4O4/c1-31-20-12-18(14-24-26-22(29)16-8-4-2-5-9-16)21(28)19(13-20)15-25-27-23(30)17-10-6-3-7-11-17/h2-15,28H,1H3,(H,26,29)(H,27,30)/b24-14+,25-15?. The van der Waals surface area contributed by atoms with Gasteiger partial charge in [-0.2, -0.15) is 10.2 Å². The van der Waals surface area contributed by atoms with Gasteiger partial charge in [-0.1, -0.05) is 36.4 Å². The lowest BCUT2D eigenvalue weighted by atomic mass is 10.1. The van der Waals surface area contributed by atoms with Crippen LogP contribution in [0.25, 0.3) is 0 Å². The molecule has 0 saturated carbocycles. The average Bonchev–Trinajstić information content (AvgIpc) is 2.82. The van der Waals surface area contributed by atoms with Gasteiger partial charge in [0.15, 0.2) is 0 Å². The Morgan fingerprint density at radius 3 is 1.61 bits per heavy atom. The van der Waals surface area contributed by atoms with Crippen LogP contribution >= 0.6 is 0 Å². The monoisotopic (exact) mass is 416 g/mol. The fourth-order valence-electron chi connectivity index (χ4n) is 2.60. The highest BCUT2D eigenvalue weighted by Crippen LogP contribution is 2.26. The highest BCUT2D eigenvalue weighted by Gasteiger charge is 2.09. The molecule has 2 amide bonds.